The Bertz CT molecular complexity index is 993. The summed E-state index contributed by atoms with van der Waals surface area (Å²) in [6.07, 6.45) is 4.03. The largest absolute Gasteiger partial charge is 0.387 e. The zero-order valence-electron chi connectivity index (χ0n) is 19.2. The van der Waals surface area contributed by atoms with Crippen molar-refractivity contribution < 1.29 is 9.90 Å². The van der Waals surface area contributed by atoms with Crippen molar-refractivity contribution in [1.29, 1.82) is 0 Å². The predicted molar refractivity (Wildman–Crippen MR) is 133 cm³/mol. The number of nitrogen functional groups attached to an aromatic ring is 1. The Balaban J connectivity index is 1.39. The van der Waals surface area contributed by atoms with Crippen LogP contribution in [0.1, 0.15) is 41.7 Å². The Kier molecular flexibility index (Phi) is 9.42. The third-order valence-electron chi connectivity index (χ3n) is 5.56. The van der Waals surface area contributed by atoms with Crippen LogP contribution in [0.15, 0.2) is 72.9 Å². The first-order valence-corrected chi connectivity index (χ1v) is 11.5. The molecule has 3 aromatic rings. The van der Waals surface area contributed by atoms with E-state index in [1.54, 1.807) is 18.3 Å². The highest BCUT2D eigenvalue weighted by Crippen LogP contribution is 2.13. The van der Waals surface area contributed by atoms with Crippen molar-refractivity contribution >= 4 is 11.7 Å². The molecule has 0 unspecified atom stereocenters. The third-order valence-corrected chi connectivity index (χ3v) is 5.56. The van der Waals surface area contributed by atoms with Gasteiger partial charge in [-0.15, -0.1) is 0 Å². The molecule has 2 aromatic carbocycles. The number of hydrogen-bond acceptors (Lipinski definition) is 5. The maximum atomic E-state index is 12.3. The lowest BCUT2D eigenvalue weighted by molar-refractivity contribution is -0.120. The number of anilines is 1. The van der Waals surface area contributed by atoms with Gasteiger partial charge in [-0.3, -0.25) is 4.79 Å². The molecule has 0 aliphatic heterocycles. The molecule has 174 valence electrons. The number of nitrogens with zero attached hydrogens (tertiary/aromatic N) is 1. The van der Waals surface area contributed by atoms with Crippen LogP contribution in [0.25, 0.3) is 0 Å². The van der Waals surface area contributed by atoms with Crippen molar-refractivity contribution in [2.75, 3.05) is 18.8 Å². The Hall–Kier alpha value is -3.22. The molecule has 0 saturated carbocycles. The number of nitrogens with two attached hydrogens (primary N) is 1. The van der Waals surface area contributed by atoms with E-state index >= 15 is 0 Å². The summed E-state index contributed by atoms with van der Waals surface area (Å²) in [5.41, 5.74) is 9.79. The molecular weight excluding hydrogens is 412 g/mol. The molecule has 0 aliphatic rings. The maximum Gasteiger partial charge on any atom is 0.224 e. The van der Waals surface area contributed by atoms with Crippen molar-refractivity contribution in [2.45, 2.75) is 44.8 Å². The van der Waals surface area contributed by atoms with Crippen molar-refractivity contribution in [1.82, 2.24) is 15.6 Å². The number of carbonyl (C=O) groups excluding carboxylic acids is 1. The van der Waals surface area contributed by atoms with E-state index in [4.69, 9.17) is 5.73 Å². The molecule has 0 fully saturated rings. The summed E-state index contributed by atoms with van der Waals surface area (Å²) in [7, 11) is 0. The molecule has 5 N–H and O–H groups in total. The van der Waals surface area contributed by atoms with Gasteiger partial charge in [0.2, 0.25) is 5.91 Å². The molecule has 0 saturated heterocycles. The van der Waals surface area contributed by atoms with E-state index in [-0.39, 0.29) is 11.9 Å². The van der Waals surface area contributed by atoms with Crippen molar-refractivity contribution in [2.24, 2.45) is 0 Å². The summed E-state index contributed by atoms with van der Waals surface area (Å²) in [4.78, 5) is 16.3. The van der Waals surface area contributed by atoms with E-state index in [1.165, 1.54) is 5.56 Å². The van der Waals surface area contributed by atoms with E-state index in [1.807, 2.05) is 30.3 Å². The van der Waals surface area contributed by atoms with E-state index in [0.717, 1.165) is 36.0 Å². The monoisotopic (exact) mass is 446 g/mol. The smallest absolute Gasteiger partial charge is 0.224 e. The topological polar surface area (TPSA) is 100 Å². The number of aromatic nitrogens is 1. The molecule has 33 heavy (non-hydrogen) atoms. The first kappa shape index (κ1) is 24.4. The minimum Gasteiger partial charge on any atom is -0.387 e. The van der Waals surface area contributed by atoms with Gasteiger partial charge in [0.25, 0.3) is 0 Å². The molecule has 1 aromatic heterocycles. The molecule has 6 nitrogen and oxygen atoms in total. The Morgan fingerprint density at radius 1 is 1.03 bits per heavy atom. The van der Waals surface area contributed by atoms with Crippen LogP contribution in [-0.4, -0.2) is 35.1 Å². The van der Waals surface area contributed by atoms with Crippen LogP contribution >= 0.6 is 0 Å². The van der Waals surface area contributed by atoms with Crippen molar-refractivity contribution in [3.05, 3.63) is 95.2 Å². The number of hydrogen-bond donors (Lipinski definition) is 4. The van der Waals surface area contributed by atoms with Gasteiger partial charge in [0.05, 0.1) is 12.5 Å². The fourth-order valence-corrected chi connectivity index (χ4v) is 3.75. The average Bonchev–Trinajstić information content (AvgIpc) is 2.82. The van der Waals surface area contributed by atoms with Crippen LogP contribution < -0.4 is 16.4 Å². The maximum absolute atomic E-state index is 12.3. The molecule has 6 heteroatoms. The molecule has 2 atom stereocenters. The number of pyridine rings is 1. The van der Waals surface area contributed by atoms with Crippen molar-refractivity contribution in [3.8, 4) is 0 Å². The quantitative estimate of drug-likeness (QED) is 0.320. The second-order valence-corrected chi connectivity index (χ2v) is 8.48. The number of benzene rings is 2. The normalized spacial score (nSPS) is 12.8. The van der Waals surface area contributed by atoms with Gasteiger partial charge in [0, 0.05) is 30.9 Å². The number of carbonyl (C=O) groups is 1. The summed E-state index contributed by atoms with van der Waals surface area (Å²) in [5.74, 6) is 0.486. The second-order valence-electron chi connectivity index (χ2n) is 8.48. The van der Waals surface area contributed by atoms with Gasteiger partial charge in [0.15, 0.2) is 0 Å². The SMILES string of the molecule is C[C@H](Cc1cccc(CC(=O)NCCCc2ccccc2)c1)NC[C@H](O)c1ccc(N)nc1. The lowest BCUT2D eigenvalue weighted by Gasteiger charge is -2.18. The predicted octanol–water partition coefficient (Wildman–Crippen LogP) is 3.21. The molecule has 3 rings (SSSR count). The summed E-state index contributed by atoms with van der Waals surface area (Å²) in [6.45, 7) is 3.19. The van der Waals surface area contributed by atoms with E-state index in [0.29, 0.717) is 25.3 Å². The standard InChI is InChI=1S/C27H34N4O2/c1-20(30-19-25(32)24-12-13-26(28)31-18-24)15-22-9-5-10-23(16-22)17-27(33)29-14-6-11-21-7-3-2-4-8-21/h2-5,7-10,12-13,16,18,20,25,30,32H,6,11,14-15,17,19H2,1H3,(H2,28,31)(H,29,33)/t20-,25+/m1/s1. The number of nitrogens with one attached hydrogen (secondary N) is 2. The van der Waals surface area contributed by atoms with E-state index < -0.39 is 6.10 Å². The Morgan fingerprint density at radius 2 is 1.79 bits per heavy atom. The number of amides is 1. The number of rotatable bonds is 12. The van der Waals surface area contributed by atoms with E-state index in [9.17, 15) is 9.90 Å². The van der Waals surface area contributed by atoms with Crippen LogP contribution in [0.2, 0.25) is 0 Å². The minimum absolute atomic E-state index is 0.0478. The highest BCUT2D eigenvalue weighted by molar-refractivity contribution is 5.78. The van der Waals surface area contributed by atoms with Crippen molar-refractivity contribution in [3.63, 3.8) is 0 Å². The second kappa shape index (κ2) is 12.7. The Labute approximate surface area is 196 Å². The average molecular weight is 447 g/mol. The van der Waals surface area contributed by atoms with Gasteiger partial charge in [-0.2, -0.15) is 0 Å². The Morgan fingerprint density at radius 3 is 2.55 bits per heavy atom. The molecule has 0 radical (unpaired) electrons. The minimum atomic E-state index is -0.641. The molecular formula is C27H34N4O2. The lowest BCUT2D eigenvalue weighted by Crippen LogP contribution is -2.32. The van der Waals surface area contributed by atoms with Crippen LogP contribution in [-0.2, 0) is 24.1 Å². The van der Waals surface area contributed by atoms with Crippen LogP contribution in [0.5, 0.6) is 0 Å². The third kappa shape index (κ3) is 8.67. The van der Waals surface area contributed by atoms with E-state index in [2.05, 4.69) is 46.8 Å². The molecule has 1 amide bonds. The lowest BCUT2D eigenvalue weighted by atomic mass is 10.0. The highest BCUT2D eigenvalue weighted by atomic mass is 16.3. The molecule has 0 aliphatic carbocycles. The van der Waals surface area contributed by atoms with Crippen LogP contribution in [0.3, 0.4) is 0 Å². The fraction of sp³-hybridized carbons (Fsp3) is 0.333. The van der Waals surface area contributed by atoms with Gasteiger partial charge in [0.1, 0.15) is 5.82 Å². The van der Waals surface area contributed by atoms with Gasteiger partial charge in [-0.05, 0) is 48.9 Å². The fourth-order valence-electron chi connectivity index (χ4n) is 3.75. The number of aliphatic hydroxyl groups excluding tert-OH is 1. The van der Waals surface area contributed by atoms with Gasteiger partial charge in [-0.25, -0.2) is 4.98 Å². The molecule has 0 spiro atoms. The van der Waals surface area contributed by atoms with Gasteiger partial charge in [-0.1, -0.05) is 60.7 Å². The summed E-state index contributed by atoms with van der Waals surface area (Å²) in [6, 6.07) is 22.1. The van der Waals surface area contributed by atoms with Gasteiger partial charge < -0.3 is 21.5 Å². The first-order valence-electron chi connectivity index (χ1n) is 11.5. The first-order chi connectivity index (χ1) is 16.0. The van der Waals surface area contributed by atoms with Crippen LogP contribution in [0.4, 0.5) is 5.82 Å². The summed E-state index contributed by atoms with van der Waals surface area (Å²) in [5, 5.41) is 16.7. The zero-order valence-corrected chi connectivity index (χ0v) is 19.2. The zero-order chi connectivity index (χ0) is 23.5. The number of aliphatic hydroxyl groups is 1. The summed E-state index contributed by atoms with van der Waals surface area (Å²) < 4.78 is 0. The van der Waals surface area contributed by atoms with Gasteiger partial charge >= 0.3 is 0 Å². The molecule has 1 heterocycles. The highest BCUT2D eigenvalue weighted by Gasteiger charge is 2.11. The summed E-state index contributed by atoms with van der Waals surface area (Å²) >= 11 is 0. The van der Waals surface area contributed by atoms with Crippen LogP contribution in [0, 0.1) is 0 Å². The molecule has 0 bridgehead atoms. The number of aryl methyl sites for hydroxylation is 1.